The number of hydrogen-bond donors (Lipinski definition) is 0. The maximum absolute atomic E-state index is 13.2. The average Bonchev–Trinajstić information content (AvgIpc) is 2.78. The summed E-state index contributed by atoms with van der Waals surface area (Å²) >= 11 is 0. The molecule has 0 amide bonds. The maximum Gasteiger partial charge on any atom is 0.173 e. The molecule has 1 saturated carbocycles. The van der Waals surface area contributed by atoms with Crippen LogP contribution in [0.4, 0.5) is 0 Å². The first-order valence-corrected chi connectivity index (χ1v) is 11.2. The van der Waals surface area contributed by atoms with Gasteiger partial charge in [-0.05, 0) is 56.6 Å². The van der Waals surface area contributed by atoms with E-state index in [1.54, 1.807) is 7.11 Å². The fourth-order valence-electron chi connectivity index (χ4n) is 6.56. The number of benzene rings is 2. The van der Waals surface area contributed by atoms with Crippen molar-refractivity contribution in [1.82, 2.24) is 4.90 Å². The molecule has 1 saturated heterocycles. The number of methoxy groups -OCH3 is 2. The minimum Gasteiger partial charge on any atom is -0.493 e. The van der Waals surface area contributed by atoms with Crippen LogP contribution in [0.3, 0.4) is 0 Å². The maximum atomic E-state index is 13.2. The Labute approximate surface area is 184 Å². The van der Waals surface area contributed by atoms with Crippen molar-refractivity contribution in [3.63, 3.8) is 0 Å². The van der Waals surface area contributed by atoms with Crippen LogP contribution < -0.4 is 9.47 Å². The van der Waals surface area contributed by atoms with Crippen LogP contribution in [0.15, 0.2) is 42.5 Å². The molecule has 0 spiro atoms. The highest BCUT2D eigenvalue weighted by Gasteiger charge is 2.67. The van der Waals surface area contributed by atoms with E-state index in [1.165, 1.54) is 5.56 Å². The van der Waals surface area contributed by atoms with Crippen LogP contribution in [-0.4, -0.2) is 50.1 Å². The average molecular weight is 422 g/mol. The van der Waals surface area contributed by atoms with Crippen LogP contribution in [0, 0.1) is 5.92 Å². The monoisotopic (exact) mass is 421 g/mol. The van der Waals surface area contributed by atoms with Crippen LogP contribution in [0.25, 0.3) is 0 Å². The van der Waals surface area contributed by atoms with Crippen molar-refractivity contribution in [3.05, 3.63) is 53.6 Å². The topological polar surface area (TPSA) is 48.0 Å². The van der Waals surface area contributed by atoms with Crippen molar-refractivity contribution < 1.29 is 19.0 Å². The molecule has 1 heterocycles. The normalized spacial score (nSPS) is 32.2. The molecule has 5 nitrogen and oxygen atoms in total. The Morgan fingerprint density at radius 3 is 2.58 bits per heavy atom. The summed E-state index contributed by atoms with van der Waals surface area (Å²) in [7, 11) is 5.69. The summed E-state index contributed by atoms with van der Waals surface area (Å²) < 4.78 is 18.8. The highest BCUT2D eigenvalue weighted by atomic mass is 16.5. The predicted molar refractivity (Wildman–Crippen MR) is 119 cm³/mol. The first-order chi connectivity index (χ1) is 15.0. The van der Waals surface area contributed by atoms with Gasteiger partial charge in [-0.25, -0.2) is 0 Å². The van der Waals surface area contributed by atoms with Gasteiger partial charge in [0.2, 0.25) is 0 Å². The zero-order chi connectivity index (χ0) is 21.8. The minimum atomic E-state index is -0.429. The van der Waals surface area contributed by atoms with Crippen LogP contribution >= 0.6 is 0 Å². The Hall–Kier alpha value is -2.37. The Bertz CT molecular complexity index is 1010. The lowest BCUT2D eigenvalue weighted by Crippen LogP contribution is -2.74. The van der Waals surface area contributed by atoms with Crippen molar-refractivity contribution in [2.75, 3.05) is 27.8 Å². The molecule has 0 N–H and O–H groups in total. The minimum absolute atomic E-state index is 0.00674. The zero-order valence-corrected chi connectivity index (χ0v) is 18.8. The van der Waals surface area contributed by atoms with Gasteiger partial charge in [0.25, 0.3) is 0 Å². The molecule has 2 aromatic carbocycles. The molecule has 5 rings (SSSR count). The van der Waals surface area contributed by atoms with Crippen LogP contribution in [0.1, 0.15) is 37.3 Å². The third kappa shape index (κ3) is 2.79. The van der Waals surface area contributed by atoms with Gasteiger partial charge in [-0.2, -0.15) is 0 Å². The molecule has 31 heavy (non-hydrogen) atoms. The van der Waals surface area contributed by atoms with E-state index < -0.39 is 11.0 Å². The molecule has 3 aliphatic rings. The van der Waals surface area contributed by atoms with E-state index >= 15 is 0 Å². The van der Waals surface area contributed by atoms with Gasteiger partial charge < -0.3 is 19.1 Å². The standard InChI is InChI=1S/C26H31NO4/c1-17-15-26(30-4)22-14-18-10-11-21(29-3)24(31-19-8-6-5-7-9-19)23(18)25(26,16-20(17)28)12-13-27(22)2/h5-11,17,22H,12-16H2,1-4H3/t17-,22+,25+,26?/m0/s1. The molecule has 2 aromatic rings. The van der Waals surface area contributed by atoms with E-state index in [2.05, 4.69) is 18.0 Å². The number of hydrogen-bond acceptors (Lipinski definition) is 5. The summed E-state index contributed by atoms with van der Waals surface area (Å²) in [6, 6.07) is 14.2. The van der Waals surface area contributed by atoms with E-state index in [0.717, 1.165) is 42.9 Å². The lowest BCUT2D eigenvalue weighted by atomic mass is 9.47. The SMILES string of the molecule is COc1ccc2c(c1Oc1ccccc1)[C@]13CCN(C)[C@H](C2)C1(OC)C[C@H](C)C(=O)C3. The molecule has 2 bridgehead atoms. The number of Topliss-reactive ketones (excluding diaryl/α,β-unsaturated/α-hetero) is 1. The van der Waals surface area contributed by atoms with Crippen molar-refractivity contribution in [2.24, 2.45) is 5.92 Å². The van der Waals surface area contributed by atoms with Crippen molar-refractivity contribution >= 4 is 5.78 Å². The van der Waals surface area contributed by atoms with Crippen LogP contribution in [-0.2, 0) is 21.4 Å². The molecule has 4 atom stereocenters. The number of ether oxygens (including phenoxy) is 3. The highest BCUT2D eigenvalue weighted by molar-refractivity contribution is 5.85. The van der Waals surface area contributed by atoms with Gasteiger partial charge in [0.15, 0.2) is 11.5 Å². The van der Waals surface area contributed by atoms with E-state index in [-0.39, 0.29) is 12.0 Å². The van der Waals surface area contributed by atoms with Gasteiger partial charge in [0, 0.05) is 36.5 Å². The van der Waals surface area contributed by atoms with Gasteiger partial charge in [-0.15, -0.1) is 0 Å². The van der Waals surface area contributed by atoms with E-state index in [4.69, 9.17) is 14.2 Å². The van der Waals surface area contributed by atoms with Crippen molar-refractivity contribution in [3.8, 4) is 17.2 Å². The molecule has 2 aliphatic carbocycles. The molecule has 0 radical (unpaired) electrons. The van der Waals surface area contributed by atoms with Crippen molar-refractivity contribution in [1.29, 1.82) is 0 Å². The highest BCUT2D eigenvalue weighted by Crippen LogP contribution is 2.62. The fourth-order valence-corrected chi connectivity index (χ4v) is 6.56. The van der Waals surface area contributed by atoms with Crippen molar-refractivity contribution in [2.45, 2.75) is 49.7 Å². The number of carbonyl (C=O) groups excluding carboxylic acids is 1. The summed E-state index contributed by atoms with van der Waals surface area (Å²) in [5.74, 6) is 2.51. The molecule has 1 aliphatic heterocycles. The molecule has 0 aromatic heterocycles. The first kappa shape index (κ1) is 20.5. The Morgan fingerprint density at radius 2 is 1.87 bits per heavy atom. The predicted octanol–water partition coefficient (Wildman–Crippen LogP) is 4.37. The van der Waals surface area contributed by atoms with Gasteiger partial charge in [0.1, 0.15) is 11.5 Å². The van der Waals surface area contributed by atoms with Crippen LogP contribution in [0.2, 0.25) is 0 Å². The zero-order valence-electron chi connectivity index (χ0n) is 18.8. The lowest BCUT2D eigenvalue weighted by molar-refractivity contribution is -0.191. The summed E-state index contributed by atoms with van der Waals surface area (Å²) in [4.78, 5) is 15.6. The van der Waals surface area contributed by atoms with E-state index in [1.807, 2.05) is 50.4 Å². The number of carbonyl (C=O) groups is 1. The molecular weight excluding hydrogens is 390 g/mol. The van der Waals surface area contributed by atoms with E-state index in [0.29, 0.717) is 18.0 Å². The third-order valence-corrected chi connectivity index (χ3v) is 8.05. The molecule has 5 heteroatoms. The molecule has 2 fully saturated rings. The number of likely N-dealkylation sites (tertiary alicyclic amines) is 1. The second kappa shape index (κ2) is 7.35. The number of para-hydroxylation sites is 1. The number of fused-ring (bicyclic) bond motifs is 1. The number of ketones is 1. The molecular formula is C26H31NO4. The second-order valence-electron chi connectivity index (χ2n) is 9.42. The molecule has 1 unspecified atom stereocenters. The lowest BCUT2D eigenvalue weighted by Gasteiger charge is -2.65. The van der Waals surface area contributed by atoms with Gasteiger partial charge in [-0.1, -0.05) is 31.2 Å². The number of piperidine rings is 1. The quantitative estimate of drug-likeness (QED) is 0.734. The fraction of sp³-hybridized carbons (Fsp3) is 0.500. The molecule has 164 valence electrons. The number of likely N-dealkylation sites (N-methyl/N-ethyl adjacent to an activating group) is 1. The summed E-state index contributed by atoms with van der Waals surface area (Å²) in [6.07, 6.45) is 2.95. The smallest absolute Gasteiger partial charge is 0.173 e. The number of nitrogens with zero attached hydrogens (tertiary/aromatic N) is 1. The van der Waals surface area contributed by atoms with E-state index in [9.17, 15) is 4.79 Å². The van der Waals surface area contributed by atoms with Gasteiger partial charge in [0.05, 0.1) is 12.7 Å². The summed E-state index contributed by atoms with van der Waals surface area (Å²) in [6.45, 7) is 2.98. The Balaban J connectivity index is 1.78. The summed E-state index contributed by atoms with van der Waals surface area (Å²) in [5.41, 5.74) is 1.50. The Kier molecular flexibility index (Phi) is 4.87. The Morgan fingerprint density at radius 1 is 1.10 bits per heavy atom. The van der Waals surface area contributed by atoms with Crippen LogP contribution in [0.5, 0.6) is 17.2 Å². The largest absolute Gasteiger partial charge is 0.493 e. The van der Waals surface area contributed by atoms with Gasteiger partial charge >= 0.3 is 0 Å². The third-order valence-electron chi connectivity index (χ3n) is 8.05. The van der Waals surface area contributed by atoms with Gasteiger partial charge in [-0.3, -0.25) is 4.79 Å². The summed E-state index contributed by atoms with van der Waals surface area (Å²) in [5, 5.41) is 0. The second-order valence-corrected chi connectivity index (χ2v) is 9.42. The number of rotatable bonds is 4. The first-order valence-electron chi connectivity index (χ1n) is 11.2.